The molecule has 0 saturated heterocycles. The highest BCUT2D eigenvalue weighted by Gasteiger charge is 2.73. The molecular formula is C29H26F7N3O3. The minimum absolute atomic E-state index is 0.0100. The van der Waals surface area contributed by atoms with Gasteiger partial charge in [-0.1, -0.05) is 47.6 Å². The molecule has 224 valence electrons. The van der Waals surface area contributed by atoms with E-state index in [1.54, 1.807) is 36.4 Å². The standard InChI is InChI=1S/C29H26F7N3O3/c1-17-13-21(27(30,28(31,32)33)29(34,35)36)14-18(2)23(17)16-24(40)20-9-6-10-22(15-20)39(12-11-25(37)38-42)26(41)19-7-4-3-5-8-19/h3-10,13-15,42H,11-12,16H2,1-2H3,(H2,37,38). The molecule has 0 aliphatic heterocycles. The number of hydrogen-bond donors (Lipinski definition) is 2. The minimum atomic E-state index is -6.27. The number of nitrogens with zero attached hydrogens (tertiary/aromatic N) is 2. The molecule has 0 aliphatic carbocycles. The van der Waals surface area contributed by atoms with Gasteiger partial charge in [-0.15, -0.1) is 0 Å². The van der Waals surface area contributed by atoms with Gasteiger partial charge in [0.05, 0.1) is 0 Å². The number of halogens is 7. The predicted molar refractivity (Wildman–Crippen MR) is 141 cm³/mol. The maximum Gasteiger partial charge on any atom is 0.435 e. The quantitative estimate of drug-likeness (QED) is 0.0708. The Morgan fingerprint density at radius 1 is 0.833 bits per heavy atom. The lowest BCUT2D eigenvalue weighted by atomic mass is 9.87. The van der Waals surface area contributed by atoms with Crippen LogP contribution in [-0.4, -0.2) is 41.6 Å². The van der Waals surface area contributed by atoms with Gasteiger partial charge in [0.15, 0.2) is 5.78 Å². The van der Waals surface area contributed by atoms with Crippen molar-refractivity contribution in [1.82, 2.24) is 0 Å². The second-order valence-corrected chi connectivity index (χ2v) is 9.56. The molecule has 0 unspecified atom stereocenters. The molecule has 0 spiro atoms. The molecule has 0 atom stereocenters. The molecule has 0 aliphatic rings. The number of alkyl halides is 7. The Morgan fingerprint density at radius 2 is 1.38 bits per heavy atom. The van der Waals surface area contributed by atoms with Crippen LogP contribution < -0.4 is 10.6 Å². The molecule has 0 aromatic heterocycles. The first-order valence-corrected chi connectivity index (χ1v) is 12.4. The van der Waals surface area contributed by atoms with Gasteiger partial charge in [0, 0.05) is 41.8 Å². The summed E-state index contributed by atoms with van der Waals surface area (Å²) < 4.78 is 94.2. The largest absolute Gasteiger partial charge is 0.435 e. The molecule has 0 saturated carbocycles. The average molecular weight is 598 g/mol. The third-order valence-electron chi connectivity index (χ3n) is 6.68. The van der Waals surface area contributed by atoms with Crippen molar-refractivity contribution in [3.63, 3.8) is 0 Å². The zero-order chi connectivity index (χ0) is 31.5. The molecule has 0 fully saturated rings. The molecule has 13 heteroatoms. The van der Waals surface area contributed by atoms with Crippen LogP contribution in [0.15, 0.2) is 71.9 Å². The molecule has 0 heterocycles. The fourth-order valence-corrected chi connectivity index (χ4v) is 4.43. The van der Waals surface area contributed by atoms with Gasteiger partial charge in [-0.3, -0.25) is 9.59 Å². The smallest absolute Gasteiger partial charge is 0.409 e. The topological polar surface area (TPSA) is 96.0 Å². The van der Waals surface area contributed by atoms with Gasteiger partial charge in [-0.2, -0.15) is 26.3 Å². The number of Topliss-reactive ketones (excluding diaryl/α,β-unsaturated/α-hetero) is 1. The van der Waals surface area contributed by atoms with Gasteiger partial charge in [0.25, 0.3) is 5.91 Å². The lowest BCUT2D eigenvalue weighted by Crippen LogP contribution is -2.50. The summed E-state index contributed by atoms with van der Waals surface area (Å²) in [5.74, 6) is -1.15. The van der Waals surface area contributed by atoms with Crippen molar-refractivity contribution in [2.75, 3.05) is 11.4 Å². The molecule has 3 N–H and O–H groups in total. The fraction of sp³-hybridized carbons (Fsp3) is 0.276. The zero-order valence-electron chi connectivity index (χ0n) is 22.4. The Morgan fingerprint density at radius 3 is 1.90 bits per heavy atom. The summed E-state index contributed by atoms with van der Waals surface area (Å²) in [6.45, 7) is 2.36. The Hall–Kier alpha value is -4.42. The van der Waals surface area contributed by atoms with Crippen LogP contribution in [0.3, 0.4) is 0 Å². The number of ketones is 1. The van der Waals surface area contributed by atoms with Crippen LogP contribution in [0.4, 0.5) is 36.4 Å². The van der Waals surface area contributed by atoms with Gasteiger partial charge in [0.2, 0.25) is 0 Å². The molecule has 0 bridgehead atoms. The summed E-state index contributed by atoms with van der Waals surface area (Å²) >= 11 is 0. The van der Waals surface area contributed by atoms with E-state index in [4.69, 9.17) is 10.9 Å². The van der Waals surface area contributed by atoms with Crippen LogP contribution in [0.5, 0.6) is 0 Å². The van der Waals surface area contributed by atoms with Gasteiger partial charge in [0.1, 0.15) is 5.84 Å². The summed E-state index contributed by atoms with van der Waals surface area (Å²) in [7, 11) is 0. The summed E-state index contributed by atoms with van der Waals surface area (Å²) in [6, 6.07) is 14.9. The number of rotatable bonds is 9. The SMILES string of the molecule is Cc1cc(C(F)(C(F)(F)F)C(F)(F)F)cc(C)c1CC(=O)c1cccc(N(CC/C(N)=N\O)C(=O)c2ccccc2)c1. The van der Waals surface area contributed by atoms with Crippen molar-refractivity contribution in [3.8, 4) is 0 Å². The van der Waals surface area contributed by atoms with Gasteiger partial charge >= 0.3 is 18.0 Å². The summed E-state index contributed by atoms with van der Waals surface area (Å²) in [5, 5.41) is 11.8. The number of aryl methyl sites for hydroxylation is 2. The number of benzene rings is 3. The molecule has 42 heavy (non-hydrogen) atoms. The number of nitrogens with two attached hydrogens (primary N) is 1. The predicted octanol–water partition coefficient (Wildman–Crippen LogP) is 6.80. The first-order chi connectivity index (χ1) is 19.5. The molecule has 0 radical (unpaired) electrons. The number of amides is 1. The fourth-order valence-electron chi connectivity index (χ4n) is 4.43. The van der Waals surface area contributed by atoms with Crippen molar-refractivity contribution >= 4 is 23.2 Å². The highest BCUT2D eigenvalue weighted by atomic mass is 19.4. The van der Waals surface area contributed by atoms with Crippen LogP contribution in [0.25, 0.3) is 0 Å². The van der Waals surface area contributed by atoms with Crippen LogP contribution >= 0.6 is 0 Å². The monoisotopic (exact) mass is 597 g/mol. The van der Waals surface area contributed by atoms with Crippen LogP contribution in [0.1, 0.15) is 49.4 Å². The molecule has 3 aromatic carbocycles. The molecule has 3 rings (SSSR count). The first kappa shape index (κ1) is 32.1. The summed E-state index contributed by atoms with van der Waals surface area (Å²) in [4.78, 5) is 27.8. The molecular weight excluding hydrogens is 571 g/mol. The third-order valence-corrected chi connectivity index (χ3v) is 6.68. The third kappa shape index (κ3) is 6.55. The average Bonchev–Trinajstić information content (AvgIpc) is 2.93. The number of anilines is 1. The van der Waals surface area contributed by atoms with E-state index in [0.29, 0.717) is 17.7 Å². The van der Waals surface area contributed by atoms with Crippen molar-refractivity contribution in [3.05, 3.63) is 100 Å². The number of carbonyl (C=O) groups excluding carboxylic acids is 2. The molecule has 6 nitrogen and oxygen atoms in total. The van der Waals surface area contributed by atoms with Crippen LogP contribution in [0.2, 0.25) is 0 Å². The summed E-state index contributed by atoms with van der Waals surface area (Å²) in [5.41, 5.74) is -1.09. The van der Waals surface area contributed by atoms with E-state index >= 15 is 0 Å². The number of carbonyl (C=O) groups is 2. The number of amidine groups is 1. The van der Waals surface area contributed by atoms with Crippen molar-refractivity contribution in [2.24, 2.45) is 10.9 Å². The Balaban J connectivity index is 1.96. The number of oxime groups is 1. The highest BCUT2D eigenvalue weighted by Crippen LogP contribution is 2.53. The van der Waals surface area contributed by atoms with Crippen LogP contribution in [-0.2, 0) is 12.1 Å². The summed E-state index contributed by atoms with van der Waals surface area (Å²) in [6.07, 6.45) is -13.0. The van der Waals surface area contributed by atoms with E-state index in [2.05, 4.69) is 5.16 Å². The van der Waals surface area contributed by atoms with E-state index < -0.39 is 41.7 Å². The zero-order valence-corrected chi connectivity index (χ0v) is 22.4. The van der Waals surface area contributed by atoms with Gasteiger partial charge in [-0.25, -0.2) is 4.39 Å². The highest BCUT2D eigenvalue weighted by molar-refractivity contribution is 6.07. The Kier molecular flexibility index (Phi) is 9.33. The Labute approximate surface area is 236 Å². The normalized spacial score (nSPS) is 12.7. The van der Waals surface area contributed by atoms with Gasteiger partial charge < -0.3 is 15.8 Å². The maximum absolute atomic E-state index is 14.6. The molecule has 3 aromatic rings. The van der Waals surface area contributed by atoms with E-state index in [9.17, 15) is 40.3 Å². The lowest BCUT2D eigenvalue weighted by Gasteiger charge is -2.31. The van der Waals surface area contributed by atoms with E-state index in [1.807, 2.05) is 0 Å². The van der Waals surface area contributed by atoms with Crippen molar-refractivity contribution < 1.29 is 45.5 Å². The van der Waals surface area contributed by atoms with E-state index in [1.165, 1.54) is 36.9 Å². The van der Waals surface area contributed by atoms with Crippen LogP contribution in [0, 0.1) is 13.8 Å². The van der Waals surface area contributed by atoms with E-state index in [0.717, 1.165) is 0 Å². The minimum Gasteiger partial charge on any atom is -0.409 e. The van der Waals surface area contributed by atoms with Crippen molar-refractivity contribution in [2.45, 2.75) is 44.7 Å². The number of hydrogen-bond acceptors (Lipinski definition) is 4. The second kappa shape index (κ2) is 12.2. The second-order valence-electron chi connectivity index (χ2n) is 9.56. The molecule has 1 amide bonds. The lowest BCUT2D eigenvalue weighted by molar-refractivity contribution is -0.348. The first-order valence-electron chi connectivity index (χ1n) is 12.4. The van der Waals surface area contributed by atoms with Gasteiger partial charge in [-0.05, 0) is 54.8 Å². The van der Waals surface area contributed by atoms with E-state index in [-0.39, 0.29) is 46.7 Å². The van der Waals surface area contributed by atoms with Crippen molar-refractivity contribution in [1.29, 1.82) is 0 Å². The maximum atomic E-state index is 14.6. The Bertz CT molecular complexity index is 1450.